The van der Waals surface area contributed by atoms with Gasteiger partial charge in [-0.15, -0.1) is 0 Å². The summed E-state index contributed by atoms with van der Waals surface area (Å²) in [7, 11) is 1.35. The van der Waals surface area contributed by atoms with Crippen LogP contribution in [-0.2, 0) is 9.53 Å². The third-order valence-corrected chi connectivity index (χ3v) is 1.10. The van der Waals surface area contributed by atoms with E-state index in [1.54, 1.807) is 6.20 Å². The van der Waals surface area contributed by atoms with Gasteiger partial charge in [-0.3, -0.25) is 9.78 Å². The highest BCUT2D eigenvalue weighted by atomic mass is 16.5. The molecule has 66 valence electrons. The summed E-state index contributed by atoms with van der Waals surface area (Å²) in [6.45, 7) is 3.33. The van der Waals surface area contributed by atoms with E-state index >= 15 is 0 Å². The highest BCUT2D eigenvalue weighted by Crippen LogP contribution is 1.85. The first-order valence-corrected chi connectivity index (χ1v) is 3.59. The second-order valence-electron chi connectivity index (χ2n) is 2.17. The molecule has 12 heavy (non-hydrogen) atoms. The minimum atomic E-state index is -0.245. The number of rotatable bonds is 0. The quantitative estimate of drug-likeness (QED) is 0.550. The van der Waals surface area contributed by atoms with Crippen LogP contribution in [0, 0.1) is 6.92 Å². The summed E-state index contributed by atoms with van der Waals surface area (Å²) in [5.41, 5.74) is 1.07. The zero-order valence-corrected chi connectivity index (χ0v) is 7.57. The van der Waals surface area contributed by atoms with E-state index in [0.717, 1.165) is 5.69 Å². The molecule has 0 aromatic carbocycles. The number of methoxy groups -OCH3 is 1. The molecule has 0 N–H and O–H groups in total. The molecule has 0 radical (unpaired) electrons. The van der Waals surface area contributed by atoms with Crippen molar-refractivity contribution < 1.29 is 9.53 Å². The number of esters is 1. The van der Waals surface area contributed by atoms with E-state index in [1.807, 2.05) is 25.1 Å². The monoisotopic (exact) mass is 167 g/mol. The molecule has 0 aliphatic heterocycles. The molecular formula is C9H13NO2. The Bertz CT molecular complexity index is 221. The predicted octanol–water partition coefficient (Wildman–Crippen LogP) is 1.57. The molecule has 0 aliphatic carbocycles. The Morgan fingerprint density at radius 1 is 1.50 bits per heavy atom. The Morgan fingerprint density at radius 3 is 2.25 bits per heavy atom. The highest BCUT2D eigenvalue weighted by molar-refractivity contribution is 5.65. The number of hydrogen-bond acceptors (Lipinski definition) is 3. The molecule has 0 bridgehead atoms. The molecule has 0 atom stereocenters. The molecule has 3 nitrogen and oxygen atoms in total. The molecule has 0 amide bonds. The number of carbonyl (C=O) groups excluding carboxylic acids is 1. The standard InChI is InChI=1S/C6H7N.C3H6O2/c1-6-4-2-3-5-7-6;1-3(4)5-2/h2-5H,1H3;1-2H3. The van der Waals surface area contributed by atoms with E-state index < -0.39 is 0 Å². The summed E-state index contributed by atoms with van der Waals surface area (Å²) in [6, 6.07) is 5.86. The number of aromatic nitrogens is 1. The van der Waals surface area contributed by atoms with E-state index in [0.29, 0.717) is 0 Å². The summed E-state index contributed by atoms with van der Waals surface area (Å²) < 4.78 is 4.11. The summed E-state index contributed by atoms with van der Waals surface area (Å²) in [6.07, 6.45) is 1.79. The molecule has 0 saturated carbocycles. The van der Waals surface area contributed by atoms with Crippen LogP contribution in [0.3, 0.4) is 0 Å². The van der Waals surface area contributed by atoms with Crippen molar-refractivity contribution in [2.24, 2.45) is 0 Å². The van der Waals surface area contributed by atoms with E-state index in [-0.39, 0.29) is 5.97 Å². The van der Waals surface area contributed by atoms with Crippen LogP contribution in [-0.4, -0.2) is 18.1 Å². The van der Waals surface area contributed by atoms with Crippen molar-refractivity contribution >= 4 is 5.97 Å². The molecule has 0 saturated heterocycles. The largest absolute Gasteiger partial charge is 0.469 e. The summed E-state index contributed by atoms with van der Waals surface area (Å²) in [5.74, 6) is -0.245. The molecular weight excluding hydrogens is 154 g/mol. The maximum absolute atomic E-state index is 9.59. The van der Waals surface area contributed by atoms with Gasteiger partial charge in [0.2, 0.25) is 0 Å². The first-order chi connectivity index (χ1) is 5.66. The number of nitrogens with zero attached hydrogens (tertiary/aromatic N) is 1. The molecule has 1 heterocycles. The van der Waals surface area contributed by atoms with E-state index in [4.69, 9.17) is 0 Å². The minimum absolute atomic E-state index is 0.245. The van der Waals surface area contributed by atoms with Crippen molar-refractivity contribution in [3.05, 3.63) is 30.1 Å². The molecule has 1 aromatic heterocycles. The van der Waals surface area contributed by atoms with Crippen molar-refractivity contribution in [1.82, 2.24) is 4.98 Å². The van der Waals surface area contributed by atoms with Gasteiger partial charge >= 0.3 is 5.97 Å². The maximum atomic E-state index is 9.59. The van der Waals surface area contributed by atoms with Crippen molar-refractivity contribution in [1.29, 1.82) is 0 Å². The van der Waals surface area contributed by atoms with Crippen LogP contribution in [0.1, 0.15) is 12.6 Å². The van der Waals surface area contributed by atoms with Gasteiger partial charge in [-0.1, -0.05) is 6.07 Å². The fourth-order valence-corrected chi connectivity index (χ4v) is 0.448. The lowest BCUT2D eigenvalue weighted by Crippen LogP contribution is -1.88. The minimum Gasteiger partial charge on any atom is -0.469 e. The van der Waals surface area contributed by atoms with Crippen LogP contribution >= 0.6 is 0 Å². The fraction of sp³-hybridized carbons (Fsp3) is 0.333. The lowest BCUT2D eigenvalue weighted by molar-refractivity contribution is -0.137. The topological polar surface area (TPSA) is 39.2 Å². The molecule has 0 unspecified atom stereocenters. The number of hydrogen-bond donors (Lipinski definition) is 0. The summed E-state index contributed by atoms with van der Waals surface area (Å²) in [4.78, 5) is 13.6. The first-order valence-electron chi connectivity index (χ1n) is 3.59. The predicted molar refractivity (Wildman–Crippen MR) is 46.7 cm³/mol. The van der Waals surface area contributed by atoms with Gasteiger partial charge in [-0.05, 0) is 19.1 Å². The van der Waals surface area contributed by atoms with Gasteiger partial charge < -0.3 is 4.74 Å². The molecule has 1 rings (SSSR count). The lowest BCUT2D eigenvalue weighted by atomic mass is 10.4. The number of carbonyl (C=O) groups is 1. The normalized spacial score (nSPS) is 7.92. The molecule has 0 spiro atoms. The second kappa shape index (κ2) is 6.34. The van der Waals surface area contributed by atoms with Gasteiger partial charge in [0, 0.05) is 18.8 Å². The van der Waals surface area contributed by atoms with Crippen LogP contribution in [0.5, 0.6) is 0 Å². The third kappa shape index (κ3) is 6.74. The lowest BCUT2D eigenvalue weighted by Gasteiger charge is -1.82. The average molecular weight is 167 g/mol. The van der Waals surface area contributed by atoms with Crippen LogP contribution in [0.25, 0.3) is 0 Å². The Labute approximate surface area is 72.4 Å². The van der Waals surface area contributed by atoms with E-state index in [1.165, 1.54) is 14.0 Å². The highest BCUT2D eigenvalue weighted by Gasteiger charge is 1.75. The van der Waals surface area contributed by atoms with E-state index in [2.05, 4.69) is 9.72 Å². The summed E-state index contributed by atoms with van der Waals surface area (Å²) >= 11 is 0. The van der Waals surface area contributed by atoms with Crippen molar-refractivity contribution in [3.8, 4) is 0 Å². The van der Waals surface area contributed by atoms with Crippen LogP contribution < -0.4 is 0 Å². The van der Waals surface area contributed by atoms with Crippen molar-refractivity contribution in [3.63, 3.8) is 0 Å². The number of pyridine rings is 1. The van der Waals surface area contributed by atoms with Gasteiger partial charge in [-0.25, -0.2) is 0 Å². The fourth-order valence-electron chi connectivity index (χ4n) is 0.448. The van der Waals surface area contributed by atoms with Gasteiger partial charge in [-0.2, -0.15) is 0 Å². The summed E-state index contributed by atoms with van der Waals surface area (Å²) in [5, 5.41) is 0. The average Bonchev–Trinajstić information content (AvgIpc) is 2.07. The maximum Gasteiger partial charge on any atom is 0.302 e. The molecule has 0 aliphatic rings. The number of ether oxygens (including phenoxy) is 1. The zero-order chi connectivity index (χ0) is 9.40. The number of aryl methyl sites for hydroxylation is 1. The Hall–Kier alpha value is -1.38. The van der Waals surface area contributed by atoms with E-state index in [9.17, 15) is 4.79 Å². The Balaban J connectivity index is 0.000000217. The Morgan fingerprint density at radius 2 is 2.08 bits per heavy atom. The smallest absolute Gasteiger partial charge is 0.302 e. The van der Waals surface area contributed by atoms with Gasteiger partial charge in [0.1, 0.15) is 0 Å². The van der Waals surface area contributed by atoms with Gasteiger partial charge in [0.05, 0.1) is 7.11 Å². The van der Waals surface area contributed by atoms with Crippen LogP contribution in [0.4, 0.5) is 0 Å². The molecule has 0 fully saturated rings. The third-order valence-electron chi connectivity index (χ3n) is 1.10. The van der Waals surface area contributed by atoms with Gasteiger partial charge in [0.15, 0.2) is 0 Å². The van der Waals surface area contributed by atoms with Crippen LogP contribution in [0.2, 0.25) is 0 Å². The zero-order valence-electron chi connectivity index (χ0n) is 7.57. The van der Waals surface area contributed by atoms with Crippen molar-refractivity contribution in [2.75, 3.05) is 7.11 Å². The SMILES string of the molecule is COC(C)=O.Cc1ccccn1. The molecule has 3 heteroatoms. The first kappa shape index (κ1) is 10.6. The Kier molecular flexibility index (Phi) is 5.61. The second-order valence-corrected chi connectivity index (χ2v) is 2.17. The van der Waals surface area contributed by atoms with Gasteiger partial charge in [0.25, 0.3) is 0 Å². The molecule has 1 aromatic rings. The van der Waals surface area contributed by atoms with Crippen molar-refractivity contribution in [2.45, 2.75) is 13.8 Å². The van der Waals surface area contributed by atoms with Crippen LogP contribution in [0.15, 0.2) is 24.4 Å².